The fraction of sp³-hybridized carbons (Fsp3) is 1.00. The molecule has 100 valence electrons. The molecule has 17 heavy (non-hydrogen) atoms. The maximum atomic E-state index is 2.38. The third-order valence-corrected chi connectivity index (χ3v) is 5.72. The summed E-state index contributed by atoms with van der Waals surface area (Å²) in [5.74, 6) is 4.38. The first-order valence-corrected chi connectivity index (χ1v) is 8.33. The average Bonchev–Trinajstić information content (AvgIpc) is 2.40. The van der Waals surface area contributed by atoms with Crippen LogP contribution in [0.4, 0.5) is 0 Å². The highest BCUT2D eigenvalue weighted by molar-refractivity contribution is 4.81. The normalized spacial score (nSPS) is 39.2. The summed E-state index contributed by atoms with van der Waals surface area (Å²) < 4.78 is 0. The average molecular weight is 236 g/mol. The first-order chi connectivity index (χ1) is 8.33. The van der Waals surface area contributed by atoms with E-state index in [1.807, 2.05) is 0 Å². The molecule has 0 atom stereocenters. The number of hydrogen-bond acceptors (Lipinski definition) is 0. The van der Waals surface area contributed by atoms with Gasteiger partial charge < -0.3 is 0 Å². The van der Waals surface area contributed by atoms with E-state index in [1.54, 1.807) is 38.5 Å². The van der Waals surface area contributed by atoms with Crippen molar-refractivity contribution < 1.29 is 0 Å². The summed E-state index contributed by atoms with van der Waals surface area (Å²) in [6, 6.07) is 0. The molecule has 0 aromatic carbocycles. The highest BCUT2D eigenvalue weighted by atomic mass is 14.4. The first-order valence-electron chi connectivity index (χ1n) is 8.33. The van der Waals surface area contributed by atoms with E-state index in [2.05, 4.69) is 13.8 Å². The monoisotopic (exact) mass is 236 g/mol. The Bertz CT molecular complexity index is 192. The van der Waals surface area contributed by atoms with Crippen LogP contribution in [0.3, 0.4) is 0 Å². The van der Waals surface area contributed by atoms with Crippen LogP contribution in [0, 0.1) is 23.7 Å². The molecule has 2 fully saturated rings. The minimum absolute atomic E-state index is 1.07. The number of hydrogen-bond donors (Lipinski definition) is 0. The van der Waals surface area contributed by atoms with E-state index in [-0.39, 0.29) is 0 Å². The standard InChI is InChI=1S/C17H32/c1-3-5-15-8-12-17(13-9-15)16-10-6-14(4-2)7-11-16/h14-17H,3-13H2,1-2H3. The van der Waals surface area contributed by atoms with Crippen molar-refractivity contribution in [2.45, 2.75) is 84.5 Å². The van der Waals surface area contributed by atoms with Gasteiger partial charge >= 0.3 is 0 Å². The molecule has 0 aromatic rings. The summed E-state index contributed by atoms with van der Waals surface area (Å²) in [5, 5.41) is 0. The molecule has 0 spiro atoms. The van der Waals surface area contributed by atoms with Gasteiger partial charge in [-0.3, -0.25) is 0 Å². The maximum absolute atomic E-state index is 2.38. The van der Waals surface area contributed by atoms with Gasteiger partial charge in [0.25, 0.3) is 0 Å². The minimum Gasteiger partial charge on any atom is -0.0654 e. The van der Waals surface area contributed by atoms with Crippen molar-refractivity contribution >= 4 is 0 Å². The Kier molecular flexibility index (Phi) is 5.38. The van der Waals surface area contributed by atoms with Gasteiger partial charge in [0, 0.05) is 0 Å². The third kappa shape index (κ3) is 3.73. The van der Waals surface area contributed by atoms with Crippen molar-refractivity contribution in [2.24, 2.45) is 23.7 Å². The Morgan fingerprint density at radius 1 is 0.647 bits per heavy atom. The van der Waals surface area contributed by atoms with Crippen molar-refractivity contribution in [2.75, 3.05) is 0 Å². The van der Waals surface area contributed by atoms with Gasteiger partial charge in [-0.15, -0.1) is 0 Å². The molecule has 0 aliphatic heterocycles. The highest BCUT2D eigenvalue weighted by Gasteiger charge is 2.29. The zero-order chi connectivity index (χ0) is 12.1. The SMILES string of the molecule is CCCC1CCC(C2CCC(CC)CC2)CC1. The third-order valence-electron chi connectivity index (χ3n) is 5.72. The largest absolute Gasteiger partial charge is 0.0654 e. The molecule has 0 amide bonds. The Morgan fingerprint density at radius 2 is 1.12 bits per heavy atom. The summed E-state index contributed by atoms with van der Waals surface area (Å²) in [5.41, 5.74) is 0. The summed E-state index contributed by atoms with van der Waals surface area (Å²) in [6.07, 6.45) is 16.7. The van der Waals surface area contributed by atoms with E-state index in [4.69, 9.17) is 0 Å². The lowest BCUT2D eigenvalue weighted by atomic mass is 9.68. The van der Waals surface area contributed by atoms with E-state index in [0.717, 1.165) is 23.7 Å². The molecule has 2 aliphatic carbocycles. The molecule has 0 nitrogen and oxygen atoms in total. The lowest BCUT2D eigenvalue weighted by Gasteiger charge is -2.37. The fourth-order valence-electron chi connectivity index (χ4n) is 4.42. The van der Waals surface area contributed by atoms with Gasteiger partial charge in [-0.25, -0.2) is 0 Å². The zero-order valence-corrected chi connectivity index (χ0v) is 12.1. The van der Waals surface area contributed by atoms with Crippen LogP contribution in [-0.2, 0) is 0 Å². The van der Waals surface area contributed by atoms with Crippen LogP contribution in [0.1, 0.15) is 84.5 Å². The van der Waals surface area contributed by atoms with Crippen LogP contribution in [0.15, 0.2) is 0 Å². The van der Waals surface area contributed by atoms with Gasteiger partial charge in [0.2, 0.25) is 0 Å². The maximum Gasteiger partial charge on any atom is -0.0386 e. The predicted molar refractivity (Wildman–Crippen MR) is 76.1 cm³/mol. The molecule has 0 bridgehead atoms. The van der Waals surface area contributed by atoms with Gasteiger partial charge in [0.15, 0.2) is 0 Å². The van der Waals surface area contributed by atoms with E-state index in [1.165, 1.54) is 32.1 Å². The molecule has 2 saturated carbocycles. The van der Waals surface area contributed by atoms with Crippen molar-refractivity contribution in [3.8, 4) is 0 Å². The van der Waals surface area contributed by atoms with Gasteiger partial charge in [-0.05, 0) is 49.4 Å². The van der Waals surface area contributed by atoms with Crippen LogP contribution in [0.5, 0.6) is 0 Å². The molecule has 0 heteroatoms. The number of rotatable bonds is 4. The van der Waals surface area contributed by atoms with E-state index in [9.17, 15) is 0 Å². The second-order valence-corrected chi connectivity index (χ2v) is 6.76. The zero-order valence-electron chi connectivity index (χ0n) is 12.1. The van der Waals surface area contributed by atoms with E-state index in [0.29, 0.717) is 0 Å². The topological polar surface area (TPSA) is 0 Å². The summed E-state index contributed by atoms with van der Waals surface area (Å²) in [6.45, 7) is 4.72. The molecular weight excluding hydrogens is 204 g/mol. The van der Waals surface area contributed by atoms with E-state index < -0.39 is 0 Å². The van der Waals surface area contributed by atoms with Crippen LogP contribution in [0.25, 0.3) is 0 Å². The summed E-state index contributed by atoms with van der Waals surface area (Å²) in [4.78, 5) is 0. The van der Waals surface area contributed by atoms with Crippen molar-refractivity contribution in [1.82, 2.24) is 0 Å². The van der Waals surface area contributed by atoms with Crippen molar-refractivity contribution in [1.29, 1.82) is 0 Å². The Labute approximate surface area is 109 Å². The molecule has 0 heterocycles. The lowest BCUT2D eigenvalue weighted by molar-refractivity contribution is 0.142. The van der Waals surface area contributed by atoms with E-state index >= 15 is 0 Å². The van der Waals surface area contributed by atoms with Gasteiger partial charge in [-0.1, -0.05) is 58.8 Å². The molecule has 0 unspecified atom stereocenters. The predicted octanol–water partition coefficient (Wildman–Crippen LogP) is 5.81. The molecule has 2 aliphatic rings. The first kappa shape index (κ1) is 13.4. The minimum atomic E-state index is 1.07. The second kappa shape index (κ2) is 6.81. The Morgan fingerprint density at radius 3 is 1.53 bits per heavy atom. The molecule has 0 saturated heterocycles. The van der Waals surface area contributed by atoms with Gasteiger partial charge in [0.1, 0.15) is 0 Å². The molecular formula is C17H32. The molecule has 2 rings (SSSR count). The Hall–Kier alpha value is 0. The van der Waals surface area contributed by atoms with Crippen LogP contribution in [-0.4, -0.2) is 0 Å². The summed E-state index contributed by atoms with van der Waals surface area (Å²) in [7, 11) is 0. The summed E-state index contributed by atoms with van der Waals surface area (Å²) >= 11 is 0. The Balaban J connectivity index is 1.70. The fourth-order valence-corrected chi connectivity index (χ4v) is 4.42. The molecule has 0 N–H and O–H groups in total. The van der Waals surface area contributed by atoms with Crippen LogP contribution in [0.2, 0.25) is 0 Å². The molecule has 0 radical (unpaired) electrons. The van der Waals surface area contributed by atoms with Gasteiger partial charge in [0.05, 0.1) is 0 Å². The second-order valence-electron chi connectivity index (χ2n) is 6.76. The van der Waals surface area contributed by atoms with Crippen molar-refractivity contribution in [3.63, 3.8) is 0 Å². The lowest BCUT2D eigenvalue weighted by Crippen LogP contribution is -2.25. The van der Waals surface area contributed by atoms with Gasteiger partial charge in [-0.2, -0.15) is 0 Å². The van der Waals surface area contributed by atoms with Crippen LogP contribution >= 0.6 is 0 Å². The molecule has 0 aromatic heterocycles. The smallest absolute Gasteiger partial charge is 0.0386 e. The highest BCUT2D eigenvalue weighted by Crippen LogP contribution is 2.42. The van der Waals surface area contributed by atoms with Crippen molar-refractivity contribution in [3.05, 3.63) is 0 Å². The van der Waals surface area contributed by atoms with Crippen LogP contribution < -0.4 is 0 Å². The quantitative estimate of drug-likeness (QED) is 0.578.